The number of aliphatic hydroxyl groups is 1. The van der Waals surface area contributed by atoms with Crippen molar-refractivity contribution in [1.82, 2.24) is 24.6 Å². The molecule has 3 aromatic carbocycles. The first-order valence-electron chi connectivity index (χ1n) is 23.1. The van der Waals surface area contributed by atoms with Gasteiger partial charge >= 0.3 is 18.1 Å². The van der Waals surface area contributed by atoms with Crippen molar-refractivity contribution in [3.8, 4) is 17.2 Å². The van der Waals surface area contributed by atoms with Gasteiger partial charge in [-0.25, -0.2) is 24.3 Å². The zero-order chi connectivity index (χ0) is 47.9. The zero-order valence-electron chi connectivity index (χ0n) is 38.7. The largest absolute Gasteiger partial charge is 0.508 e. The van der Waals surface area contributed by atoms with Crippen LogP contribution in [0.15, 0.2) is 60.7 Å². The number of piperazine rings is 1. The molecule has 5 heterocycles. The third kappa shape index (κ3) is 9.02. The van der Waals surface area contributed by atoms with Crippen molar-refractivity contribution >= 4 is 52.1 Å². The number of rotatable bonds is 13. The highest BCUT2D eigenvalue weighted by Crippen LogP contribution is 2.47. The second-order valence-electron chi connectivity index (χ2n) is 18.3. The second kappa shape index (κ2) is 19.0. The number of nitrogens with zero attached hydrogens (tertiary/aromatic N) is 6. The first kappa shape index (κ1) is 47.0. The summed E-state index contributed by atoms with van der Waals surface area (Å²) in [6, 6.07) is 14.5. The molecule has 0 radical (unpaired) electrons. The molecule has 0 saturated carbocycles. The Hall–Kier alpha value is -6.56. The van der Waals surface area contributed by atoms with Gasteiger partial charge in [-0.05, 0) is 91.2 Å². The average molecular weight is 917 g/mol. The number of aryl methyl sites for hydroxylation is 1. The van der Waals surface area contributed by atoms with Crippen molar-refractivity contribution in [3.05, 3.63) is 94.2 Å². The summed E-state index contributed by atoms with van der Waals surface area (Å²) in [5.74, 6) is -2.66. The number of carbonyl (C=O) groups excluding carboxylic acids is 4. The number of anilines is 1. The van der Waals surface area contributed by atoms with E-state index < -0.39 is 35.5 Å². The second-order valence-corrected chi connectivity index (χ2v) is 18.3. The van der Waals surface area contributed by atoms with Gasteiger partial charge in [0.15, 0.2) is 5.60 Å². The molecule has 17 heteroatoms. The summed E-state index contributed by atoms with van der Waals surface area (Å²) in [6.45, 7) is 13.5. The number of amidine groups is 1. The Balaban J connectivity index is 0.804. The minimum absolute atomic E-state index is 0.0739. The molecule has 6 N–H and O–H groups in total. The number of unbranched alkanes of at least 4 members (excludes halogenated alkanes) is 1. The third-order valence-electron chi connectivity index (χ3n) is 13.8. The molecule has 0 aliphatic carbocycles. The number of nitrogens with one attached hydrogen (secondary N) is 1. The van der Waals surface area contributed by atoms with Gasteiger partial charge in [-0.15, -0.1) is 0 Å². The van der Waals surface area contributed by atoms with Crippen LogP contribution in [0.2, 0.25) is 0 Å². The molecule has 1 aromatic heterocycles. The number of hydrogen-bond donors (Lipinski definition) is 5. The number of cyclic esters (lactones) is 1. The van der Waals surface area contributed by atoms with Crippen LogP contribution in [0, 0.1) is 17.2 Å². The first-order chi connectivity index (χ1) is 32.0. The van der Waals surface area contributed by atoms with Gasteiger partial charge < -0.3 is 45.2 Å². The van der Waals surface area contributed by atoms with E-state index in [1.165, 1.54) is 12.1 Å². The number of aromatic nitrogens is 1. The maximum Gasteiger partial charge on any atom is 0.414 e. The normalized spacial score (nSPS) is 20.5. The van der Waals surface area contributed by atoms with Crippen molar-refractivity contribution < 1.29 is 44.0 Å². The van der Waals surface area contributed by atoms with Gasteiger partial charge in [-0.2, -0.15) is 0 Å². The van der Waals surface area contributed by atoms with Crippen molar-refractivity contribution in [2.45, 2.75) is 78.0 Å². The summed E-state index contributed by atoms with van der Waals surface area (Å²) in [5, 5.41) is 41.7. The van der Waals surface area contributed by atoms with E-state index in [9.17, 15) is 34.5 Å². The molecule has 0 spiro atoms. The van der Waals surface area contributed by atoms with Crippen LogP contribution in [-0.2, 0) is 33.8 Å². The predicted octanol–water partition coefficient (Wildman–Crippen LogP) is 5.90. The standard InChI is InChI=1S/C50H60N8O9/c1-6-33-35-22-32(14-15-40(35)53-44-37(33)27-57-41(44)24-39-38(46(57)61)28-66-47(62)50(39,65)7-2)67-49(64)54(5)16-8-9-17-55-18-20-56(21-19-55)26-30-10-12-31(13-11-30)58(48(52)63)45(51)36-23-34(29(3)4)42(59)25-43(36)60/h10-15,22-25,29,38-39,51,59-60,65H,6-9,16-21,26-28H2,1-5H3,(H2,52,63). The van der Waals surface area contributed by atoms with Gasteiger partial charge in [0, 0.05) is 69.3 Å². The lowest BCUT2D eigenvalue weighted by atomic mass is 9.72. The lowest BCUT2D eigenvalue weighted by Gasteiger charge is -2.44. The summed E-state index contributed by atoms with van der Waals surface area (Å²) in [6.07, 6.45) is 3.86. The van der Waals surface area contributed by atoms with Gasteiger partial charge in [0.2, 0.25) is 5.91 Å². The van der Waals surface area contributed by atoms with E-state index in [-0.39, 0.29) is 47.8 Å². The summed E-state index contributed by atoms with van der Waals surface area (Å²) < 4.78 is 11.1. The van der Waals surface area contributed by atoms with Gasteiger partial charge in [-0.1, -0.05) is 45.9 Å². The Labute approximate surface area is 389 Å². The third-order valence-corrected chi connectivity index (χ3v) is 13.8. The number of amides is 4. The van der Waals surface area contributed by atoms with Crippen LogP contribution < -0.4 is 15.4 Å². The Bertz CT molecular complexity index is 2640. The number of phenolic OH excluding ortho intramolecular Hbond substituents is 2. The number of ether oxygens (including phenoxy) is 2. The number of esters is 1. The number of nitrogens with two attached hydrogens (primary N) is 1. The van der Waals surface area contributed by atoms with Crippen molar-refractivity contribution in [3.63, 3.8) is 0 Å². The highest BCUT2D eigenvalue weighted by atomic mass is 16.6. The Morgan fingerprint density at radius 1 is 1.00 bits per heavy atom. The molecule has 4 amide bonds. The molecular formula is C50H60N8O9. The number of primary amides is 1. The van der Waals surface area contributed by atoms with Gasteiger partial charge in [0.05, 0.1) is 40.6 Å². The molecule has 2 saturated heterocycles. The number of benzene rings is 3. The maximum absolute atomic E-state index is 13.8. The number of fused-ring (bicyclic) bond motifs is 5. The van der Waals surface area contributed by atoms with Crippen molar-refractivity contribution in [2.75, 3.05) is 57.8 Å². The summed E-state index contributed by atoms with van der Waals surface area (Å²) in [4.78, 5) is 66.3. The molecule has 3 unspecified atom stereocenters. The van der Waals surface area contributed by atoms with Crippen LogP contribution in [0.5, 0.6) is 17.2 Å². The van der Waals surface area contributed by atoms with Crippen LogP contribution in [0.3, 0.4) is 0 Å². The zero-order valence-corrected chi connectivity index (χ0v) is 38.7. The lowest BCUT2D eigenvalue weighted by molar-refractivity contribution is -0.190. The molecule has 2 fully saturated rings. The van der Waals surface area contributed by atoms with Crippen LogP contribution in [-0.4, -0.2) is 128 Å². The van der Waals surface area contributed by atoms with E-state index in [4.69, 9.17) is 25.6 Å². The number of pyridine rings is 1. The molecule has 67 heavy (non-hydrogen) atoms. The fraction of sp³-hybridized carbons (Fsp3) is 0.440. The number of phenols is 2. The number of hydrogen-bond acceptors (Lipinski definition) is 13. The number of urea groups is 1. The molecule has 8 rings (SSSR count). The highest BCUT2D eigenvalue weighted by molar-refractivity contribution is 6.22. The summed E-state index contributed by atoms with van der Waals surface area (Å²) in [7, 11) is 1.73. The molecular weight excluding hydrogens is 857 g/mol. The summed E-state index contributed by atoms with van der Waals surface area (Å²) >= 11 is 0. The van der Waals surface area contributed by atoms with Gasteiger partial charge in [0.1, 0.15) is 29.7 Å². The molecule has 4 aliphatic heterocycles. The van der Waals surface area contributed by atoms with E-state index in [0.29, 0.717) is 60.0 Å². The van der Waals surface area contributed by atoms with E-state index in [0.717, 1.165) is 72.5 Å². The predicted molar refractivity (Wildman–Crippen MR) is 252 cm³/mol. The van der Waals surface area contributed by atoms with E-state index in [1.807, 2.05) is 51.1 Å². The molecule has 17 nitrogen and oxygen atoms in total. The molecule has 0 bridgehead atoms. The van der Waals surface area contributed by atoms with Crippen LogP contribution in [0.1, 0.15) is 86.4 Å². The lowest BCUT2D eigenvalue weighted by Crippen LogP contribution is -2.58. The quantitative estimate of drug-likeness (QED) is 0.0458. The SMILES string of the molecule is CCc1c2c(nc3ccc(OC(=O)N(C)CCCCN4CCN(Cc5ccc(N(C(=N)c6cc(C(C)C)c(O)cc6O)C(N)=O)cc5)CC4)cc13)C1=CC3C(COC(=O)C3(O)CC)C(=O)N1C2. The molecule has 3 atom stereocenters. The minimum Gasteiger partial charge on any atom is -0.508 e. The Morgan fingerprint density at radius 2 is 1.72 bits per heavy atom. The van der Waals surface area contributed by atoms with E-state index in [1.54, 1.807) is 42.0 Å². The fourth-order valence-electron chi connectivity index (χ4n) is 9.89. The van der Waals surface area contributed by atoms with Crippen LogP contribution in [0.25, 0.3) is 16.6 Å². The van der Waals surface area contributed by atoms with Crippen molar-refractivity contribution in [1.29, 1.82) is 5.41 Å². The van der Waals surface area contributed by atoms with Crippen molar-refractivity contribution in [2.24, 2.45) is 17.6 Å². The maximum atomic E-state index is 13.8. The molecule has 4 aliphatic rings. The number of aromatic hydroxyl groups is 2. The topological polar surface area (TPSA) is 226 Å². The first-order valence-corrected chi connectivity index (χ1v) is 23.1. The average Bonchev–Trinajstić information content (AvgIpc) is 3.67. The summed E-state index contributed by atoms with van der Waals surface area (Å²) in [5.41, 5.74) is 9.84. The van der Waals surface area contributed by atoms with E-state index >= 15 is 0 Å². The molecule has 4 aromatic rings. The van der Waals surface area contributed by atoms with Crippen LogP contribution in [0.4, 0.5) is 15.3 Å². The fourth-order valence-corrected chi connectivity index (χ4v) is 9.89. The van der Waals surface area contributed by atoms with E-state index in [2.05, 4.69) is 9.80 Å². The van der Waals surface area contributed by atoms with Gasteiger partial charge in [-0.3, -0.25) is 15.1 Å². The van der Waals surface area contributed by atoms with Crippen LogP contribution >= 0.6 is 0 Å². The molecule has 354 valence electrons. The Kier molecular flexibility index (Phi) is 13.3. The highest BCUT2D eigenvalue weighted by Gasteiger charge is 2.56. The minimum atomic E-state index is -1.78. The number of carbonyl (C=O) groups is 4. The smallest absolute Gasteiger partial charge is 0.414 e. The van der Waals surface area contributed by atoms with Gasteiger partial charge in [0.25, 0.3) is 0 Å². The Morgan fingerprint density at radius 3 is 2.39 bits per heavy atom. The monoisotopic (exact) mass is 916 g/mol.